The second-order valence-corrected chi connectivity index (χ2v) is 5.75. The molecule has 1 fully saturated rings. The van der Waals surface area contributed by atoms with Crippen molar-refractivity contribution in [2.45, 2.75) is 37.4 Å². The maximum absolute atomic E-state index is 13.4. The van der Waals surface area contributed by atoms with Crippen LogP contribution in [0.4, 0.5) is 24.7 Å². The number of alkyl halides is 3. The highest BCUT2D eigenvalue weighted by atomic mass is 19.4. The van der Waals surface area contributed by atoms with Crippen LogP contribution >= 0.6 is 0 Å². The van der Waals surface area contributed by atoms with Crippen LogP contribution in [0.15, 0.2) is 18.7 Å². The van der Waals surface area contributed by atoms with E-state index in [0.717, 1.165) is 13.5 Å². The molecule has 1 saturated carbocycles. The molecule has 0 atom stereocenters. The van der Waals surface area contributed by atoms with Crippen molar-refractivity contribution in [1.82, 2.24) is 4.98 Å². The van der Waals surface area contributed by atoms with Gasteiger partial charge in [-0.25, -0.2) is 9.78 Å². The number of halogens is 3. The summed E-state index contributed by atoms with van der Waals surface area (Å²) in [6, 6.07) is 0.307. The van der Waals surface area contributed by atoms with E-state index < -0.39 is 45.4 Å². The molecule has 0 bridgehead atoms. The summed E-state index contributed by atoms with van der Waals surface area (Å²) in [6.45, 7) is 3.59. The van der Waals surface area contributed by atoms with E-state index in [2.05, 4.69) is 21.6 Å². The molecule has 0 saturated heterocycles. The van der Waals surface area contributed by atoms with Crippen LogP contribution in [0.5, 0.6) is 0 Å². The standard InChI is InChI=1S/C15H16F3N3O4/c1-3-5-14(6-4-7-14)20-12-9(15(16,17)18)8-10(21(23)24)11(19-12)13(22)25-2/h3,8H,1,4-7H2,2H3,(H,19,20). The maximum atomic E-state index is 13.4. The molecule has 1 aliphatic carbocycles. The van der Waals surface area contributed by atoms with E-state index in [1.807, 2.05) is 0 Å². The first kappa shape index (κ1) is 18.7. The number of carbonyl (C=O) groups is 1. The summed E-state index contributed by atoms with van der Waals surface area (Å²) < 4.78 is 44.4. The number of nitrogens with zero attached hydrogens (tertiary/aromatic N) is 2. The van der Waals surface area contributed by atoms with Crippen LogP contribution in [0.25, 0.3) is 0 Å². The fourth-order valence-corrected chi connectivity index (χ4v) is 2.71. The molecular formula is C15H16F3N3O4. The van der Waals surface area contributed by atoms with Crippen molar-refractivity contribution in [1.29, 1.82) is 0 Å². The highest BCUT2D eigenvalue weighted by molar-refractivity contribution is 5.92. The second-order valence-electron chi connectivity index (χ2n) is 5.75. The number of hydrogen-bond acceptors (Lipinski definition) is 6. The maximum Gasteiger partial charge on any atom is 0.420 e. The molecule has 0 spiro atoms. The van der Waals surface area contributed by atoms with Crippen molar-refractivity contribution < 1.29 is 27.6 Å². The van der Waals surface area contributed by atoms with Crippen LogP contribution in [0.3, 0.4) is 0 Å². The zero-order valence-corrected chi connectivity index (χ0v) is 13.4. The molecular weight excluding hydrogens is 343 g/mol. The van der Waals surface area contributed by atoms with Gasteiger partial charge in [0.25, 0.3) is 0 Å². The third-order valence-corrected chi connectivity index (χ3v) is 4.11. The lowest BCUT2D eigenvalue weighted by Gasteiger charge is -2.43. The molecule has 1 aliphatic rings. The number of methoxy groups -OCH3 is 1. The van der Waals surface area contributed by atoms with Gasteiger partial charge < -0.3 is 10.1 Å². The molecule has 10 heteroatoms. The van der Waals surface area contributed by atoms with Gasteiger partial charge in [0.15, 0.2) is 0 Å². The molecule has 25 heavy (non-hydrogen) atoms. The smallest absolute Gasteiger partial charge is 0.420 e. The Balaban J connectivity index is 2.61. The number of carbonyl (C=O) groups excluding carboxylic acids is 1. The van der Waals surface area contributed by atoms with Crippen molar-refractivity contribution in [2.75, 3.05) is 12.4 Å². The lowest BCUT2D eigenvalue weighted by molar-refractivity contribution is -0.385. The summed E-state index contributed by atoms with van der Waals surface area (Å²) in [5.41, 5.74) is -3.80. The Morgan fingerprint density at radius 1 is 1.56 bits per heavy atom. The highest BCUT2D eigenvalue weighted by Crippen LogP contribution is 2.43. The number of nitro groups is 1. The number of hydrogen-bond donors (Lipinski definition) is 1. The van der Waals surface area contributed by atoms with Crippen molar-refractivity contribution >= 4 is 17.5 Å². The van der Waals surface area contributed by atoms with Crippen LogP contribution in [0.1, 0.15) is 41.7 Å². The number of pyridine rings is 1. The van der Waals surface area contributed by atoms with Gasteiger partial charge in [0.2, 0.25) is 5.69 Å². The molecule has 0 unspecified atom stereocenters. The largest absolute Gasteiger partial charge is 0.464 e. The molecule has 2 rings (SSSR count). The molecule has 0 radical (unpaired) electrons. The fraction of sp³-hybridized carbons (Fsp3) is 0.467. The molecule has 7 nitrogen and oxygen atoms in total. The van der Waals surface area contributed by atoms with Crippen LogP contribution in [0.2, 0.25) is 0 Å². The summed E-state index contributed by atoms with van der Waals surface area (Å²) >= 11 is 0. The van der Waals surface area contributed by atoms with Crippen LogP contribution in [-0.2, 0) is 10.9 Å². The first-order valence-corrected chi connectivity index (χ1v) is 7.37. The van der Waals surface area contributed by atoms with E-state index in [1.165, 1.54) is 0 Å². The van der Waals surface area contributed by atoms with Gasteiger partial charge >= 0.3 is 17.8 Å². The summed E-state index contributed by atoms with van der Waals surface area (Å²) in [4.78, 5) is 25.3. The predicted octanol–water partition coefficient (Wildman–Crippen LogP) is 3.71. The van der Waals surface area contributed by atoms with Crippen molar-refractivity contribution in [2.24, 2.45) is 0 Å². The third-order valence-electron chi connectivity index (χ3n) is 4.11. The summed E-state index contributed by atoms with van der Waals surface area (Å²) in [5, 5.41) is 13.8. The number of rotatable bonds is 6. The Labute approximate surface area is 141 Å². The molecule has 1 aromatic heterocycles. The van der Waals surface area contributed by atoms with Crippen LogP contribution in [-0.4, -0.2) is 28.5 Å². The van der Waals surface area contributed by atoms with Gasteiger partial charge in [-0.2, -0.15) is 13.2 Å². The number of esters is 1. The van der Waals surface area contributed by atoms with E-state index in [9.17, 15) is 28.1 Å². The SMILES string of the molecule is C=CCC1(Nc2nc(C(=O)OC)c([N+](=O)[O-])cc2C(F)(F)F)CCC1. The van der Waals surface area contributed by atoms with Crippen molar-refractivity contribution in [3.05, 3.63) is 40.1 Å². The Bertz CT molecular complexity index is 715. The molecule has 1 heterocycles. The fourth-order valence-electron chi connectivity index (χ4n) is 2.71. The number of anilines is 1. The van der Waals surface area contributed by atoms with E-state index in [1.54, 1.807) is 6.08 Å². The topological polar surface area (TPSA) is 94.4 Å². The lowest BCUT2D eigenvalue weighted by Crippen LogP contribution is -2.45. The van der Waals surface area contributed by atoms with E-state index in [0.29, 0.717) is 25.3 Å². The molecule has 0 aliphatic heterocycles. The Hall–Kier alpha value is -2.65. The van der Waals surface area contributed by atoms with Crippen molar-refractivity contribution in [3.63, 3.8) is 0 Å². The molecule has 136 valence electrons. The Kier molecular flexibility index (Phi) is 5.00. The first-order chi connectivity index (χ1) is 11.6. The highest BCUT2D eigenvalue weighted by Gasteiger charge is 2.43. The number of ether oxygens (including phenoxy) is 1. The zero-order valence-electron chi connectivity index (χ0n) is 13.4. The van der Waals surface area contributed by atoms with Gasteiger partial charge in [-0.15, -0.1) is 6.58 Å². The summed E-state index contributed by atoms with van der Waals surface area (Å²) in [5.74, 6) is -1.81. The molecule has 1 N–H and O–H groups in total. The normalized spacial score (nSPS) is 15.8. The van der Waals surface area contributed by atoms with Crippen LogP contribution in [0, 0.1) is 10.1 Å². The van der Waals surface area contributed by atoms with Gasteiger partial charge in [-0.05, 0) is 25.7 Å². The number of aromatic nitrogens is 1. The molecule has 0 aromatic carbocycles. The number of nitrogens with one attached hydrogen (secondary N) is 1. The lowest BCUT2D eigenvalue weighted by atomic mass is 9.74. The van der Waals surface area contributed by atoms with Gasteiger partial charge in [0.05, 0.1) is 12.0 Å². The Morgan fingerprint density at radius 2 is 2.20 bits per heavy atom. The quantitative estimate of drug-likeness (QED) is 0.360. The van der Waals surface area contributed by atoms with E-state index >= 15 is 0 Å². The minimum absolute atomic E-state index is 0.307. The zero-order chi connectivity index (χ0) is 18.8. The average molecular weight is 359 g/mol. The van der Waals surface area contributed by atoms with Gasteiger partial charge in [-0.3, -0.25) is 10.1 Å². The Morgan fingerprint density at radius 3 is 2.60 bits per heavy atom. The first-order valence-electron chi connectivity index (χ1n) is 7.37. The van der Waals surface area contributed by atoms with E-state index in [-0.39, 0.29) is 0 Å². The van der Waals surface area contributed by atoms with Gasteiger partial charge in [-0.1, -0.05) is 6.08 Å². The minimum Gasteiger partial charge on any atom is -0.464 e. The summed E-state index contributed by atoms with van der Waals surface area (Å²) in [6.07, 6.45) is -0.888. The average Bonchev–Trinajstić information content (AvgIpc) is 2.50. The van der Waals surface area contributed by atoms with Crippen LogP contribution < -0.4 is 5.32 Å². The minimum atomic E-state index is -4.88. The monoisotopic (exact) mass is 359 g/mol. The predicted molar refractivity (Wildman–Crippen MR) is 82.3 cm³/mol. The van der Waals surface area contributed by atoms with E-state index in [4.69, 9.17) is 0 Å². The molecule has 1 aromatic rings. The third kappa shape index (κ3) is 3.72. The van der Waals surface area contributed by atoms with Crippen molar-refractivity contribution in [3.8, 4) is 0 Å². The second kappa shape index (κ2) is 6.69. The molecule has 0 amide bonds. The van der Waals surface area contributed by atoms with Gasteiger partial charge in [0, 0.05) is 11.6 Å². The summed E-state index contributed by atoms with van der Waals surface area (Å²) in [7, 11) is 0.962. The van der Waals surface area contributed by atoms with Gasteiger partial charge in [0.1, 0.15) is 11.4 Å².